The van der Waals surface area contributed by atoms with Gasteiger partial charge in [-0.25, -0.2) is 13.1 Å². The van der Waals surface area contributed by atoms with Crippen LogP contribution in [0.4, 0.5) is 5.69 Å². The second kappa shape index (κ2) is 5.92. The molecule has 18 heavy (non-hydrogen) atoms. The van der Waals surface area contributed by atoms with Crippen LogP contribution in [0.3, 0.4) is 0 Å². The molecule has 0 saturated carbocycles. The molecule has 4 N–H and O–H groups in total. The topological polar surface area (TPSA) is 84.2 Å². The maximum Gasteiger partial charge on any atom is 0.242 e. The summed E-state index contributed by atoms with van der Waals surface area (Å²) in [5, 5.41) is 0. The Hall–Kier alpha value is -0.760. The van der Waals surface area contributed by atoms with E-state index in [0.29, 0.717) is 18.2 Å². The van der Waals surface area contributed by atoms with Gasteiger partial charge >= 0.3 is 0 Å². The molecule has 0 radical (unpaired) electrons. The van der Waals surface area contributed by atoms with Gasteiger partial charge in [0.05, 0.1) is 5.69 Å². The molecule has 100 valence electrons. The average molecular weight is 287 g/mol. The van der Waals surface area contributed by atoms with Crippen LogP contribution >= 0.6 is 11.8 Å². The van der Waals surface area contributed by atoms with Crippen molar-refractivity contribution in [3.63, 3.8) is 0 Å². The van der Waals surface area contributed by atoms with Crippen LogP contribution in [0.1, 0.15) is 6.42 Å². The van der Waals surface area contributed by atoms with Crippen molar-refractivity contribution in [1.82, 2.24) is 4.72 Å². The monoisotopic (exact) mass is 287 g/mol. The maximum absolute atomic E-state index is 12.2. The Labute approximate surface area is 112 Å². The molecule has 1 unspecified atom stereocenters. The summed E-state index contributed by atoms with van der Waals surface area (Å²) >= 11 is 1.87. The first-order valence-corrected chi connectivity index (χ1v) is 8.40. The molecule has 1 atom stereocenters. The molecule has 0 spiro atoms. The standard InChI is InChI=1S/C11H17N3O2S2/c12-14-10-3-1-2-4-11(10)18(15,16)13-7-9-5-6-17-8-9/h1-4,9,13-14H,5-8,12H2. The van der Waals surface area contributed by atoms with E-state index in [-0.39, 0.29) is 4.90 Å². The predicted octanol–water partition coefficient (Wildman–Crippen LogP) is 1.00. The van der Waals surface area contributed by atoms with E-state index in [1.165, 1.54) is 0 Å². The molecule has 1 aromatic rings. The van der Waals surface area contributed by atoms with Gasteiger partial charge in [0.25, 0.3) is 0 Å². The second-order valence-electron chi connectivity index (χ2n) is 4.22. The number of para-hydroxylation sites is 1. The molecule has 1 saturated heterocycles. The fourth-order valence-corrected chi connectivity index (χ4v) is 4.44. The molecule has 1 heterocycles. The third kappa shape index (κ3) is 3.17. The van der Waals surface area contributed by atoms with Crippen LogP contribution < -0.4 is 16.0 Å². The smallest absolute Gasteiger partial charge is 0.242 e. The number of thioether (sulfide) groups is 1. The number of anilines is 1. The first-order chi connectivity index (χ1) is 8.63. The first kappa shape index (κ1) is 13.7. The highest BCUT2D eigenvalue weighted by atomic mass is 32.2. The molecule has 0 amide bonds. The number of nitrogen functional groups attached to an aromatic ring is 1. The molecule has 1 aliphatic heterocycles. The summed E-state index contributed by atoms with van der Waals surface area (Å²) in [6.07, 6.45) is 1.07. The summed E-state index contributed by atoms with van der Waals surface area (Å²) in [6.45, 7) is 0.494. The summed E-state index contributed by atoms with van der Waals surface area (Å²) in [5.74, 6) is 7.90. The van der Waals surface area contributed by atoms with Crippen LogP contribution in [0.15, 0.2) is 29.2 Å². The van der Waals surface area contributed by atoms with E-state index in [2.05, 4.69) is 10.1 Å². The van der Waals surface area contributed by atoms with Crippen LogP contribution in [0, 0.1) is 5.92 Å². The highest BCUT2D eigenvalue weighted by Gasteiger charge is 2.21. The quantitative estimate of drug-likeness (QED) is 0.556. The SMILES string of the molecule is NNc1ccccc1S(=O)(=O)NCC1CCSC1. The lowest BCUT2D eigenvalue weighted by atomic mass is 10.1. The van der Waals surface area contributed by atoms with E-state index in [1.807, 2.05) is 11.8 Å². The minimum atomic E-state index is -3.49. The lowest BCUT2D eigenvalue weighted by Gasteiger charge is -2.13. The number of sulfonamides is 1. The van der Waals surface area contributed by atoms with Gasteiger partial charge in [-0.05, 0) is 36.0 Å². The van der Waals surface area contributed by atoms with Gasteiger partial charge in [0.1, 0.15) is 4.90 Å². The molecule has 5 nitrogen and oxygen atoms in total. The van der Waals surface area contributed by atoms with Gasteiger partial charge in [-0.1, -0.05) is 12.1 Å². The molecule has 0 bridgehead atoms. The van der Waals surface area contributed by atoms with Gasteiger partial charge in [-0.15, -0.1) is 0 Å². The number of rotatable bonds is 5. The molecule has 0 aromatic heterocycles. The lowest BCUT2D eigenvalue weighted by Crippen LogP contribution is -2.30. The van der Waals surface area contributed by atoms with Crippen molar-refractivity contribution in [2.45, 2.75) is 11.3 Å². The third-order valence-electron chi connectivity index (χ3n) is 2.92. The second-order valence-corrected chi connectivity index (χ2v) is 7.11. The summed E-state index contributed by atoms with van der Waals surface area (Å²) in [6, 6.07) is 6.60. The first-order valence-electron chi connectivity index (χ1n) is 5.76. The Morgan fingerprint density at radius 2 is 2.17 bits per heavy atom. The molecule has 1 fully saturated rings. The molecule has 7 heteroatoms. The largest absolute Gasteiger partial charge is 0.323 e. The molecular weight excluding hydrogens is 270 g/mol. The fraction of sp³-hybridized carbons (Fsp3) is 0.455. The predicted molar refractivity (Wildman–Crippen MR) is 74.9 cm³/mol. The van der Waals surface area contributed by atoms with Crippen molar-refractivity contribution in [1.29, 1.82) is 0 Å². The molecule has 1 aromatic carbocycles. The summed E-state index contributed by atoms with van der Waals surface area (Å²) in [5.41, 5.74) is 2.81. The number of hydrogen-bond donors (Lipinski definition) is 3. The molecular formula is C11H17N3O2S2. The average Bonchev–Trinajstić information content (AvgIpc) is 2.89. The van der Waals surface area contributed by atoms with E-state index >= 15 is 0 Å². The Kier molecular flexibility index (Phi) is 4.50. The van der Waals surface area contributed by atoms with Gasteiger partial charge in [-0.2, -0.15) is 11.8 Å². The third-order valence-corrected chi connectivity index (χ3v) is 5.63. The number of nitrogens with one attached hydrogen (secondary N) is 2. The van der Waals surface area contributed by atoms with Gasteiger partial charge in [0.15, 0.2) is 0 Å². The van der Waals surface area contributed by atoms with Gasteiger partial charge in [0.2, 0.25) is 10.0 Å². The lowest BCUT2D eigenvalue weighted by molar-refractivity contribution is 0.546. The van der Waals surface area contributed by atoms with Crippen molar-refractivity contribution < 1.29 is 8.42 Å². The number of benzene rings is 1. The number of hydrogen-bond acceptors (Lipinski definition) is 5. The van der Waals surface area contributed by atoms with E-state index in [1.54, 1.807) is 24.3 Å². The Bertz CT molecular complexity index is 499. The Balaban J connectivity index is 2.09. The zero-order valence-corrected chi connectivity index (χ0v) is 11.6. The van der Waals surface area contributed by atoms with Gasteiger partial charge < -0.3 is 5.43 Å². The van der Waals surface area contributed by atoms with Crippen LogP contribution in [0.25, 0.3) is 0 Å². The zero-order valence-electron chi connectivity index (χ0n) is 9.93. The molecule has 1 aliphatic rings. The van der Waals surface area contributed by atoms with Gasteiger partial charge in [-0.3, -0.25) is 5.84 Å². The van der Waals surface area contributed by atoms with Gasteiger partial charge in [0, 0.05) is 6.54 Å². The van der Waals surface area contributed by atoms with Crippen LogP contribution in [0.2, 0.25) is 0 Å². The molecule has 0 aliphatic carbocycles. The van der Waals surface area contributed by atoms with Crippen molar-refractivity contribution in [3.8, 4) is 0 Å². The van der Waals surface area contributed by atoms with Crippen LogP contribution in [-0.2, 0) is 10.0 Å². The number of hydrazine groups is 1. The van der Waals surface area contributed by atoms with Crippen molar-refractivity contribution in [2.75, 3.05) is 23.5 Å². The van der Waals surface area contributed by atoms with E-state index in [4.69, 9.17) is 5.84 Å². The summed E-state index contributed by atoms with van der Waals surface area (Å²) in [7, 11) is -3.49. The Morgan fingerprint density at radius 3 is 2.83 bits per heavy atom. The van der Waals surface area contributed by atoms with E-state index < -0.39 is 10.0 Å². The minimum Gasteiger partial charge on any atom is -0.323 e. The number of nitrogens with two attached hydrogens (primary N) is 1. The van der Waals surface area contributed by atoms with Crippen LogP contribution in [0.5, 0.6) is 0 Å². The Morgan fingerprint density at radius 1 is 1.39 bits per heavy atom. The highest BCUT2D eigenvalue weighted by molar-refractivity contribution is 7.99. The molecule has 2 rings (SSSR count). The van der Waals surface area contributed by atoms with E-state index in [0.717, 1.165) is 17.9 Å². The van der Waals surface area contributed by atoms with Crippen molar-refractivity contribution in [2.24, 2.45) is 11.8 Å². The van der Waals surface area contributed by atoms with Crippen molar-refractivity contribution >= 4 is 27.5 Å². The minimum absolute atomic E-state index is 0.193. The zero-order chi connectivity index (χ0) is 13.0. The summed E-state index contributed by atoms with van der Waals surface area (Å²) < 4.78 is 27.0. The highest BCUT2D eigenvalue weighted by Crippen LogP contribution is 2.24. The van der Waals surface area contributed by atoms with Crippen LogP contribution in [-0.4, -0.2) is 26.5 Å². The van der Waals surface area contributed by atoms with E-state index in [9.17, 15) is 8.42 Å². The fourth-order valence-electron chi connectivity index (χ4n) is 1.87. The van der Waals surface area contributed by atoms with Crippen molar-refractivity contribution in [3.05, 3.63) is 24.3 Å². The maximum atomic E-state index is 12.2. The normalized spacial score (nSPS) is 19.9. The summed E-state index contributed by atoms with van der Waals surface area (Å²) in [4.78, 5) is 0.193.